The molecule has 1 aromatic rings. The molecule has 1 amide bonds. The lowest BCUT2D eigenvalue weighted by Crippen LogP contribution is -2.48. The third-order valence-electron chi connectivity index (χ3n) is 7.62. The smallest absolute Gasteiger partial charge is 0.409 e. The highest BCUT2D eigenvalue weighted by Gasteiger charge is 2.30. The highest BCUT2D eigenvalue weighted by Crippen LogP contribution is 2.32. The van der Waals surface area contributed by atoms with Gasteiger partial charge in [0.2, 0.25) is 0 Å². The quantitative estimate of drug-likeness (QED) is 0.112. The summed E-state index contributed by atoms with van der Waals surface area (Å²) >= 11 is 0. The van der Waals surface area contributed by atoms with Crippen LogP contribution < -0.4 is 14.8 Å². The molecule has 41 heavy (non-hydrogen) atoms. The van der Waals surface area contributed by atoms with E-state index in [2.05, 4.69) is 52.1 Å². The molecule has 3 unspecified atom stereocenters. The molecule has 0 heterocycles. The topological polar surface area (TPSA) is 95.5 Å². The number of amides is 1. The molecule has 8 heteroatoms. The predicted molar refractivity (Wildman–Crippen MR) is 165 cm³/mol. The van der Waals surface area contributed by atoms with Crippen molar-refractivity contribution in [2.75, 3.05) is 40.6 Å². The molecule has 0 saturated carbocycles. The van der Waals surface area contributed by atoms with Crippen molar-refractivity contribution in [3.63, 3.8) is 0 Å². The fourth-order valence-corrected chi connectivity index (χ4v) is 4.88. The van der Waals surface area contributed by atoms with Gasteiger partial charge in [0.05, 0.1) is 26.4 Å². The Labute approximate surface area is 249 Å². The molecular formula is C33H59NO7. The van der Waals surface area contributed by atoms with E-state index in [0.29, 0.717) is 37.6 Å². The predicted octanol–water partition coefficient (Wildman–Crippen LogP) is 7.01. The van der Waals surface area contributed by atoms with Crippen LogP contribution in [0.4, 0.5) is 4.79 Å². The molecule has 0 radical (unpaired) electrons. The minimum Gasteiger partial charge on any atom is -0.493 e. The molecule has 0 aliphatic heterocycles. The second kappa shape index (κ2) is 20.0. The lowest BCUT2D eigenvalue weighted by Gasteiger charge is -2.34. The average molecular weight is 582 g/mol. The van der Waals surface area contributed by atoms with Gasteiger partial charge in [-0.15, -0.1) is 0 Å². The van der Waals surface area contributed by atoms with Gasteiger partial charge in [-0.2, -0.15) is 0 Å². The van der Waals surface area contributed by atoms with E-state index in [1.165, 1.54) is 5.56 Å². The number of hydrogen-bond donors (Lipinski definition) is 2. The zero-order valence-corrected chi connectivity index (χ0v) is 27.3. The molecule has 0 bridgehead atoms. The maximum Gasteiger partial charge on any atom is 0.409 e. The van der Waals surface area contributed by atoms with Gasteiger partial charge < -0.3 is 28.8 Å². The number of alkyl carbamates (subject to hydrolysis) is 1. The number of nitrogens with one attached hydrogen (secondary N) is 1. The Morgan fingerprint density at radius 2 is 1.66 bits per heavy atom. The molecule has 0 aromatic heterocycles. The van der Waals surface area contributed by atoms with Crippen molar-refractivity contribution in [1.29, 1.82) is 0 Å². The molecule has 3 atom stereocenters. The van der Waals surface area contributed by atoms with Crippen LogP contribution in [-0.2, 0) is 20.6 Å². The fourth-order valence-electron chi connectivity index (χ4n) is 4.88. The first-order valence-electron chi connectivity index (χ1n) is 15.5. The van der Waals surface area contributed by atoms with Gasteiger partial charge in [-0.25, -0.2) is 4.79 Å². The summed E-state index contributed by atoms with van der Waals surface area (Å²) in [5.41, 5.74) is 0.305. The van der Waals surface area contributed by atoms with E-state index in [4.69, 9.17) is 23.7 Å². The number of methoxy groups -OCH3 is 2. The van der Waals surface area contributed by atoms with Gasteiger partial charge in [-0.05, 0) is 87.3 Å². The van der Waals surface area contributed by atoms with Crippen molar-refractivity contribution in [2.24, 2.45) is 23.7 Å². The van der Waals surface area contributed by atoms with Crippen LogP contribution in [0, 0.1) is 23.7 Å². The molecule has 0 fully saturated rings. The highest BCUT2D eigenvalue weighted by molar-refractivity contribution is 5.67. The van der Waals surface area contributed by atoms with Crippen molar-refractivity contribution in [1.82, 2.24) is 5.32 Å². The van der Waals surface area contributed by atoms with E-state index in [1.54, 1.807) is 14.2 Å². The van der Waals surface area contributed by atoms with Gasteiger partial charge >= 0.3 is 6.09 Å². The van der Waals surface area contributed by atoms with Crippen LogP contribution in [0.15, 0.2) is 18.2 Å². The van der Waals surface area contributed by atoms with Crippen LogP contribution >= 0.6 is 0 Å². The van der Waals surface area contributed by atoms with Crippen LogP contribution in [0.2, 0.25) is 0 Å². The molecule has 238 valence electrons. The Bertz CT molecular complexity index is 843. The summed E-state index contributed by atoms with van der Waals surface area (Å²) in [4.78, 5) is 12.4. The van der Waals surface area contributed by atoms with E-state index in [9.17, 15) is 9.90 Å². The van der Waals surface area contributed by atoms with E-state index >= 15 is 0 Å². The number of unbranched alkanes of at least 4 members (excludes halogenated alkanes) is 1. The number of carbonyl (C=O) groups is 1. The second-order valence-electron chi connectivity index (χ2n) is 12.3. The highest BCUT2D eigenvalue weighted by atomic mass is 16.6. The minimum atomic E-state index is -0.899. The second-order valence-corrected chi connectivity index (χ2v) is 12.3. The average Bonchev–Trinajstić information content (AvgIpc) is 2.91. The van der Waals surface area contributed by atoms with Crippen molar-refractivity contribution in [2.45, 2.75) is 105 Å². The van der Waals surface area contributed by atoms with Crippen LogP contribution in [0.25, 0.3) is 0 Å². The van der Waals surface area contributed by atoms with Gasteiger partial charge in [0.25, 0.3) is 0 Å². The van der Waals surface area contributed by atoms with Gasteiger partial charge in [0.1, 0.15) is 5.72 Å². The first kappa shape index (κ1) is 37.0. The summed E-state index contributed by atoms with van der Waals surface area (Å²) in [5.74, 6) is 2.80. The van der Waals surface area contributed by atoms with E-state index in [0.717, 1.165) is 56.4 Å². The monoisotopic (exact) mass is 581 g/mol. The van der Waals surface area contributed by atoms with Crippen LogP contribution in [0.1, 0.15) is 92.6 Å². The summed E-state index contributed by atoms with van der Waals surface area (Å²) in [7, 11) is 3.35. The molecule has 2 N–H and O–H groups in total. The number of carbonyl (C=O) groups excluding carboxylic acids is 1. The first-order chi connectivity index (χ1) is 19.5. The van der Waals surface area contributed by atoms with E-state index < -0.39 is 11.8 Å². The molecular weight excluding hydrogens is 522 g/mol. The molecule has 0 saturated heterocycles. The molecule has 0 aliphatic rings. The molecule has 8 nitrogen and oxygen atoms in total. The van der Waals surface area contributed by atoms with Gasteiger partial charge in [0, 0.05) is 26.7 Å². The van der Waals surface area contributed by atoms with E-state index in [-0.39, 0.29) is 18.6 Å². The standard InChI is InChI=1S/C33H59NO7/c1-10-11-18-40-32(36)34-33(6,7)41-29(22-28(23-35)25(4)5)15-14-27(24(2)3)20-26-13-16-30(38-9)31(21-26)39-19-12-17-37-8/h13,16,21,24-25,27-29,35H,10-12,14-15,17-20,22-23H2,1-9H3,(H,34,36). The Balaban J connectivity index is 2.98. The summed E-state index contributed by atoms with van der Waals surface area (Å²) < 4.78 is 28.5. The fraction of sp³-hybridized carbons (Fsp3) is 0.788. The maximum atomic E-state index is 12.4. The van der Waals surface area contributed by atoms with Gasteiger partial charge in [-0.3, -0.25) is 5.32 Å². The molecule has 0 aliphatic carbocycles. The minimum absolute atomic E-state index is 0.108. The largest absolute Gasteiger partial charge is 0.493 e. The number of benzene rings is 1. The first-order valence-corrected chi connectivity index (χ1v) is 15.5. The van der Waals surface area contributed by atoms with Crippen molar-refractivity contribution >= 4 is 6.09 Å². The third kappa shape index (κ3) is 15.1. The zero-order valence-electron chi connectivity index (χ0n) is 27.3. The molecule has 1 aromatic carbocycles. The number of hydrogen-bond acceptors (Lipinski definition) is 7. The molecule has 1 rings (SSSR count). The van der Waals surface area contributed by atoms with Crippen LogP contribution in [0.3, 0.4) is 0 Å². The Morgan fingerprint density at radius 1 is 0.951 bits per heavy atom. The zero-order chi connectivity index (χ0) is 30.8. The Hall–Kier alpha value is -2.03. The van der Waals surface area contributed by atoms with Crippen LogP contribution in [-0.4, -0.2) is 63.7 Å². The van der Waals surface area contributed by atoms with Crippen molar-refractivity contribution in [3.8, 4) is 11.5 Å². The lowest BCUT2D eigenvalue weighted by molar-refractivity contribution is -0.104. The summed E-state index contributed by atoms with van der Waals surface area (Å²) in [6.07, 6.45) is 5.40. The number of ether oxygens (including phenoxy) is 5. The van der Waals surface area contributed by atoms with Crippen molar-refractivity contribution in [3.05, 3.63) is 23.8 Å². The summed E-state index contributed by atoms with van der Waals surface area (Å²) in [6.45, 7) is 16.3. The number of aliphatic hydroxyl groups is 1. The van der Waals surface area contributed by atoms with Crippen LogP contribution in [0.5, 0.6) is 11.5 Å². The Kier molecular flexibility index (Phi) is 18.0. The molecule has 0 spiro atoms. The Morgan fingerprint density at radius 3 is 2.24 bits per heavy atom. The SMILES string of the molecule is CCCCOC(=O)NC(C)(C)OC(CCC(Cc1ccc(OC)c(OCCCOC)c1)C(C)C)CC(CO)C(C)C. The lowest BCUT2D eigenvalue weighted by atomic mass is 9.83. The van der Waals surface area contributed by atoms with Crippen molar-refractivity contribution < 1.29 is 33.6 Å². The normalized spacial score (nSPS) is 14.1. The van der Waals surface area contributed by atoms with Gasteiger partial charge in [-0.1, -0.05) is 47.1 Å². The summed E-state index contributed by atoms with van der Waals surface area (Å²) in [6, 6.07) is 6.18. The van der Waals surface area contributed by atoms with Gasteiger partial charge in [0.15, 0.2) is 11.5 Å². The van der Waals surface area contributed by atoms with E-state index in [1.807, 2.05) is 19.9 Å². The number of rotatable bonds is 22. The maximum absolute atomic E-state index is 12.4. The third-order valence-corrected chi connectivity index (χ3v) is 7.62. The number of aliphatic hydroxyl groups excluding tert-OH is 1. The summed E-state index contributed by atoms with van der Waals surface area (Å²) in [5, 5.41) is 12.9.